The van der Waals surface area contributed by atoms with Crippen LogP contribution in [-0.2, 0) is 0 Å². The quantitative estimate of drug-likeness (QED) is 0.517. The van der Waals surface area contributed by atoms with Crippen LogP contribution in [0.3, 0.4) is 0 Å². The highest BCUT2D eigenvalue weighted by atomic mass is 15.1. The van der Waals surface area contributed by atoms with Gasteiger partial charge in [-0.1, -0.05) is 6.07 Å². The number of guanidine groups is 1. The van der Waals surface area contributed by atoms with Crippen molar-refractivity contribution in [3.05, 3.63) is 30.1 Å². The molecule has 4 heteroatoms. The van der Waals surface area contributed by atoms with Crippen LogP contribution < -0.4 is 11.1 Å². The molecule has 70 valence electrons. The molecular formula is C9H14N4. The van der Waals surface area contributed by atoms with E-state index in [1.54, 1.807) is 13.2 Å². The van der Waals surface area contributed by atoms with E-state index in [-0.39, 0.29) is 6.04 Å². The second kappa shape index (κ2) is 4.45. The number of hydrogen-bond donors (Lipinski definition) is 2. The third-order valence-corrected chi connectivity index (χ3v) is 1.74. The molecule has 4 nitrogen and oxygen atoms in total. The Labute approximate surface area is 77.9 Å². The van der Waals surface area contributed by atoms with Crippen molar-refractivity contribution in [2.75, 3.05) is 7.05 Å². The molecule has 0 saturated carbocycles. The van der Waals surface area contributed by atoms with Gasteiger partial charge < -0.3 is 11.1 Å². The molecule has 13 heavy (non-hydrogen) atoms. The van der Waals surface area contributed by atoms with Gasteiger partial charge in [0.05, 0.1) is 11.7 Å². The molecule has 0 aromatic carbocycles. The van der Waals surface area contributed by atoms with Crippen molar-refractivity contribution in [3.8, 4) is 0 Å². The molecule has 1 atom stereocenters. The smallest absolute Gasteiger partial charge is 0.188 e. The highest BCUT2D eigenvalue weighted by molar-refractivity contribution is 5.77. The number of pyridine rings is 1. The topological polar surface area (TPSA) is 63.3 Å². The summed E-state index contributed by atoms with van der Waals surface area (Å²) in [7, 11) is 1.65. The Hall–Kier alpha value is -1.58. The van der Waals surface area contributed by atoms with Gasteiger partial charge in [0.15, 0.2) is 5.96 Å². The third-order valence-electron chi connectivity index (χ3n) is 1.74. The lowest BCUT2D eigenvalue weighted by Crippen LogP contribution is -2.33. The highest BCUT2D eigenvalue weighted by Crippen LogP contribution is 2.06. The van der Waals surface area contributed by atoms with Crippen LogP contribution in [0, 0.1) is 0 Å². The van der Waals surface area contributed by atoms with Gasteiger partial charge in [0.25, 0.3) is 0 Å². The molecule has 1 heterocycles. The van der Waals surface area contributed by atoms with Gasteiger partial charge in [0.1, 0.15) is 0 Å². The zero-order chi connectivity index (χ0) is 9.68. The van der Waals surface area contributed by atoms with Gasteiger partial charge in [-0.25, -0.2) is 0 Å². The Morgan fingerprint density at radius 2 is 2.38 bits per heavy atom. The Balaban J connectivity index is 2.64. The summed E-state index contributed by atoms with van der Waals surface area (Å²) in [5, 5.41) is 3.01. The van der Waals surface area contributed by atoms with Gasteiger partial charge in [-0.05, 0) is 19.1 Å². The number of aromatic nitrogens is 1. The van der Waals surface area contributed by atoms with Crippen molar-refractivity contribution in [1.29, 1.82) is 0 Å². The fourth-order valence-electron chi connectivity index (χ4n) is 0.992. The van der Waals surface area contributed by atoms with Crippen LogP contribution in [0.5, 0.6) is 0 Å². The number of nitrogens with zero attached hydrogens (tertiary/aromatic N) is 2. The first-order chi connectivity index (χ1) is 6.24. The van der Waals surface area contributed by atoms with Crippen LogP contribution in [0.1, 0.15) is 18.7 Å². The molecule has 0 aliphatic heterocycles. The van der Waals surface area contributed by atoms with Gasteiger partial charge in [0, 0.05) is 13.2 Å². The molecular weight excluding hydrogens is 164 g/mol. The van der Waals surface area contributed by atoms with E-state index in [1.807, 2.05) is 25.1 Å². The Bertz CT molecular complexity index is 281. The Morgan fingerprint density at radius 3 is 2.92 bits per heavy atom. The average Bonchev–Trinajstić information content (AvgIpc) is 2.19. The van der Waals surface area contributed by atoms with Crippen LogP contribution in [0.2, 0.25) is 0 Å². The van der Waals surface area contributed by atoms with E-state index < -0.39 is 0 Å². The number of nitrogens with two attached hydrogens (primary N) is 1. The first-order valence-electron chi connectivity index (χ1n) is 4.13. The molecule has 0 aliphatic rings. The van der Waals surface area contributed by atoms with Crippen LogP contribution in [0.25, 0.3) is 0 Å². The Kier molecular flexibility index (Phi) is 3.25. The normalized spacial score (nSPS) is 13.8. The molecule has 0 saturated heterocycles. The zero-order valence-electron chi connectivity index (χ0n) is 7.86. The maximum absolute atomic E-state index is 5.52. The largest absolute Gasteiger partial charge is 0.370 e. The van der Waals surface area contributed by atoms with Gasteiger partial charge >= 0.3 is 0 Å². The van der Waals surface area contributed by atoms with Gasteiger partial charge in [-0.2, -0.15) is 0 Å². The highest BCUT2D eigenvalue weighted by Gasteiger charge is 2.05. The maximum Gasteiger partial charge on any atom is 0.188 e. The second-order valence-electron chi connectivity index (χ2n) is 2.73. The molecule has 0 amide bonds. The van der Waals surface area contributed by atoms with Gasteiger partial charge in [0.2, 0.25) is 0 Å². The monoisotopic (exact) mass is 178 g/mol. The summed E-state index contributed by atoms with van der Waals surface area (Å²) in [6.07, 6.45) is 1.76. The third kappa shape index (κ3) is 2.74. The van der Waals surface area contributed by atoms with E-state index in [0.717, 1.165) is 5.69 Å². The molecule has 3 N–H and O–H groups in total. The second-order valence-corrected chi connectivity index (χ2v) is 2.73. The average molecular weight is 178 g/mol. The minimum Gasteiger partial charge on any atom is -0.370 e. The lowest BCUT2D eigenvalue weighted by atomic mass is 10.2. The molecule has 0 radical (unpaired) electrons. The molecule has 1 rings (SSSR count). The minimum atomic E-state index is 0.0879. The van der Waals surface area contributed by atoms with Crippen LogP contribution in [-0.4, -0.2) is 18.0 Å². The van der Waals surface area contributed by atoms with Gasteiger partial charge in [-0.3, -0.25) is 9.98 Å². The Morgan fingerprint density at radius 1 is 1.62 bits per heavy atom. The lowest BCUT2D eigenvalue weighted by molar-refractivity contribution is 0.686. The number of hydrogen-bond acceptors (Lipinski definition) is 2. The van der Waals surface area contributed by atoms with Crippen molar-refractivity contribution < 1.29 is 0 Å². The van der Waals surface area contributed by atoms with Crippen molar-refractivity contribution in [3.63, 3.8) is 0 Å². The van der Waals surface area contributed by atoms with Crippen LogP contribution in [0.4, 0.5) is 0 Å². The SMILES string of the molecule is CN=C(N)N[C@H](C)c1ccccn1. The summed E-state index contributed by atoms with van der Waals surface area (Å²) in [5.74, 6) is 0.429. The molecule has 0 bridgehead atoms. The summed E-state index contributed by atoms with van der Waals surface area (Å²) in [5.41, 5.74) is 6.48. The van der Waals surface area contributed by atoms with E-state index >= 15 is 0 Å². The van der Waals surface area contributed by atoms with E-state index in [1.165, 1.54) is 0 Å². The molecule has 0 fully saturated rings. The first kappa shape index (κ1) is 9.51. The summed E-state index contributed by atoms with van der Waals surface area (Å²) in [4.78, 5) is 8.00. The summed E-state index contributed by atoms with van der Waals surface area (Å²) >= 11 is 0. The fourth-order valence-corrected chi connectivity index (χ4v) is 0.992. The fraction of sp³-hybridized carbons (Fsp3) is 0.333. The van der Waals surface area contributed by atoms with E-state index in [0.29, 0.717) is 5.96 Å². The van der Waals surface area contributed by atoms with Crippen molar-refractivity contribution in [2.24, 2.45) is 10.7 Å². The number of nitrogens with one attached hydrogen (secondary N) is 1. The van der Waals surface area contributed by atoms with Crippen LogP contribution in [0.15, 0.2) is 29.4 Å². The molecule has 1 aromatic heterocycles. The van der Waals surface area contributed by atoms with E-state index in [4.69, 9.17) is 5.73 Å². The summed E-state index contributed by atoms with van der Waals surface area (Å²) in [6.45, 7) is 1.99. The first-order valence-corrected chi connectivity index (χ1v) is 4.13. The standard InChI is InChI=1S/C9H14N4/c1-7(13-9(10)11-2)8-5-3-4-6-12-8/h3-7H,1-2H3,(H3,10,11,13)/t7-/m1/s1. The zero-order valence-corrected chi connectivity index (χ0v) is 7.86. The van der Waals surface area contributed by atoms with E-state index in [2.05, 4.69) is 15.3 Å². The number of aliphatic imine (C=N–C) groups is 1. The van der Waals surface area contributed by atoms with E-state index in [9.17, 15) is 0 Å². The molecule has 0 spiro atoms. The number of rotatable bonds is 2. The lowest BCUT2D eigenvalue weighted by Gasteiger charge is -2.12. The summed E-state index contributed by atoms with van der Waals surface area (Å²) in [6, 6.07) is 5.86. The minimum absolute atomic E-state index is 0.0879. The van der Waals surface area contributed by atoms with Crippen molar-refractivity contribution in [2.45, 2.75) is 13.0 Å². The predicted molar refractivity (Wildman–Crippen MR) is 53.3 cm³/mol. The van der Waals surface area contributed by atoms with Crippen molar-refractivity contribution in [1.82, 2.24) is 10.3 Å². The van der Waals surface area contributed by atoms with Crippen LogP contribution >= 0.6 is 0 Å². The van der Waals surface area contributed by atoms with Crippen molar-refractivity contribution >= 4 is 5.96 Å². The molecule has 1 aromatic rings. The molecule has 0 unspecified atom stereocenters. The maximum atomic E-state index is 5.52. The van der Waals surface area contributed by atoms with Gasteiger partial charge in [-0.15, -0.1) is 0 Å². The summed E-state index contributed by atoms with van der Waals surface area (Å²) < 4.78 is 0. The molecule has 0 aliphatic carbocycles. The predicted octanol–water partition coefficient (Wildman–Crippen LogP) is 0.677.